The molecule has 0 N–H and O–H groups in total. The van der Waals surface area contributed by atoms with Crippen molar-refractivity contribution >= 4 is 57.2 Å². The molecule has 0 amide bonds. The van der Waals surface area contributed by atoms with Gasteiger partial charge in [0.25, 0.3) is 6.71 Å². The lowest BCUT2D eigenvalue weighted by Crippen LogP contribution is -2.62. The number of hydrogen-bond acceptors (Lipinski definition) is 2. The summed E-state index contributed by atoms with van der Waals surface area (Å²) < 4.78 is 27.5. The number of hydrogen-bond donors (Lipinski definition) is 0. The number of benzene rings is 6. The van der Waals surface area contributed by atoms with Crippen LogP contribution in [0.2, 0.25) is 0 Å². The Morgan fingerprint density at radius 3 is 1.61 bits per heavy atom. The van der Waals surface area contributed by atoms with Crippen molar-refractivity contribution in [3.8, 4) is 11.1 Å². The SMILES string of the molecule is [2H]C([2H])([2H])c1cc2c3c(c1)N(c1cc4c(cc1C)C(C)(C)CC4(C)C)c1cc(-c4ccccc4)ccc1B3c1cc3c(cc1N2c1ccc2c(c1)C(C)(C)CCC2(C)C)C(C)(C)CCC3(C)C. The average molecular weight is 844 g/mol. The van der Waals surface area contributed by atoms with E-state index < -0.39 is 6.85 Å². The van der Waals surface area contributed by atoms with E-state index in [1.165, 1.54) is 55.3 Å². The minimum atomic E-state index is -2.35. The number of aryl methyl sites for hydroxylation is 2. The molecule has 6 aromatic carbocycles. The van der Waals surface area contributed by atoms with E-state index in [1.807, 2.05) is 12.1 Å². The summed E-state index contributed by atoms with van der Waals surface area (Å²) in [6.07, 6.45) is 5.55. The minimum absolute atomic E-state index is 0.0104. The number of rotatable bonds is 3. The van der Waals surface area contributed by atoms with Gasteiger partial charge in [-0.3, -0.25) is 0 Å². The van der Waals surface area contributed by atoms with Gasteiger partial charge in [0.2, 0.25) is 0 Å². The zero-order valence-electron chi connectivity index (χ0n) is 43.8. The van der Waals surface area contributed by atoms with Crippen molar-refractivity contribution in [3.05, 3.63) is 148 Å². The van der Waals surface area contributed by atoms with Crippen LogP contribution in [0.25, 0.3) is 11.1 Å². The molecule has 0 radical (unpaired) electrons. The quantitative estimate of drug-likeness (QED) is 0.164. The first kappa shape index (κ1) is 38.3. The molecular formula is C61H69BN2. The van der Waals surface area contributed by atoms with E-state index in [1.54, 1.807) is 0 Å². The summed E-state index contributed by atoms with van der Waals surface area (Å²) in [7, 11) is 0. The number of nitrogens with zero attached hydrogens (tertiary/aromatic N) is 2. The Morgan fingerprint density at radius 2 is 0.969 bits per heavy atom. The van der Waals surface area contributed by atoms with Gasteiger partial charge in [-0.15, -0.1) is 0 Å². The maximum atomic E-state index is 9.18. The van der Waals surface area contributed by atoms with E-state index in [0.29, 0.717) is 5.56 Å². The van der Waals surface area contributed by atoms with E-state index in [2.05, 4.69) is 191 Å². The van der Waals surface area contributed by atoms with E-state index in [0.717, 1.165) is 77.4 Å². The largest absolute Gasteiger partial charge is 0.311 e. The van der Waals surface area contributed by atoms with Crippen LogP contribution < -0.4 is 26.2 Å². The lowest BCUT2D eigenvalue weighted by molar-refractivity contribution is 0.332. The number of anilines is 6. The Morgan fingerprint density at radius 1 is 0.438 bits per heavy atom. The third-order valence-electron chi connectivity index (χ3n) is 17.2. The van der Waals surface area contributed by atoms with Crippen LogP contribution in [0, 0.1) is 13.8 Å². The Labute approximate surface area is 389 Å². The summed E-state index contributed by atoms with van der Waals surface area (Å²) in [5.41, 5.74) is 22.4. The second-order valence-electron chi connectivity index (χ2n) is 24.5. The fourth-order valence-corrected chi connectivity index (χ4v) is 13.5. The topological polar surface area (TPSA) is 6.48 Å². The van der Waals surface area contributed by atoms with Crippen molar-refractivity contribution in [3.63, 3.8) is 0 Å². The van der Waals surface area contributed by atoms with E-state index in [9.17, 15) is 4.11 Å². The lowest BCUT2D eigenvalue weighted by Gasteiger charge is -2.48. The van der Waals surface area contributed by atoms with Gasteiger partial charge in [-0.05, 0) is 193 Å². The molecule has 5 aliphatic rings. The van der Waals surface area contributed by atoms with Crippen LogP contribution in [-0.4, -0.2) is 6.71 Å². The maximum absolute atomic E-state index is 9.18. The second kappa shape index (κ2) is 13.3. The minimum Gasteiger partial charge on any atom is -0.311 e. The highest BCUT2D eigenvalue weighted by atomic mass is 15.2. The Bertz CT molecular complexity index is 3080. The smallest absolute Gasteiger partial charge is 0.252 e. The van der Waals surface area contributed by atoms with Crippen molar-refractivity contribution in [1.29, 1.82) is 0 Å². The molecule has 0 unspecified atom stereocenters. The zero-order valence-corrected chi connectivity index (χ0v) is 40.8. The molecule has 2 aliphatic heterocycles. The van der Waals surface area contributed by atoms with Gasteiger partial charge in [-0.2, -0.15) is 0 Å². The van der Waals surface area contributed by atoms with Crippen LogP contribution in [0.5, 0.6) is 0 Å². The fourth-order valence-electron chi connectivity index (χ4n) is 13.5. The average Bonchev–Trinajstić information content (AvgIpc) is 3.44. The third-order valence-corrected chi connectivity index (χ3v) is 17.2. The van der Waals surface area contributed by atoms with Gasteiger partial charge >= 0.3 is 0 Å². The third kappa shape index (κ3) is 5.97. The molecule has 0 saturated carbocycles. The first-order valence-corrected chi connectivity index (χ1v) is 24.2. The van der Waals surface area contributed by atoms with Gasteiger partial charge in [-0.25, -0.2) is 0 Å². The predicted molar refractivity (Wildman–Crippen MR) is 277 cm³/mol. The molecule has 64 heavy (non-hydrogen) atoms. The Balaban J connectivity index is 1.28. The molecule has 0 spiro atoms. The Hall–Kier alpha value is -5.02. The molecule has 0 saturated heterocycles. The molecule has 326 valence electrons. The van der Waals surface area contributed by atoms with E-state index in [-0.39, 0.29) is 39.2 Å². The maximum Gasteiger partial charge on any atom is 0.252 e. The number of fused-ring (bicyclic) bond motifs is 7. The molecule has 0 bridgehead atoms. The van der Waals surface area contributed by atoms with Crippen LogP contribution in [0.3, 0.4) is 0 Å². The molecule has 6 aromatic rings. The van der Waals surface area contributed by atoms with Crippen molar-refractivity contribution in [2.45, 2.75) is 161 Å². The van der Waals surface area contributed by atoms with Gasteiger partial charge in [0.15, 0.2) is 0 Å². The fraction of sp³-hybridized carbons (Fsp3) is 0.410. The van der Waals surface area contributed by atoms with Crippen LogP contribution in [0.4, 0.5) is 34.1 Å². The van der Waals surface area contributed by atoms with Crippen LogP contribution in [0.1, 0.15) is 164 Å². The van der Waals surface area contributed by atoms with Gasteiger partial charge in [0, 0.05) is 38.2 Å². The highest BCUT2D eigenvalue weighted by Gasteiger charge is 2.48. The summed E-state index contributed by atoms with van der Waals surface area (Å²) in [4.78, 5) is 4.95. The summed E-state index contributed by atoms with van der Waals surface area (Å²) in [5.74, 6) is 0. The summed E-state index contributed by atoms with van der Waals surface area (Å²) in [5, 5.41) is 0. The second-order valence-corrected chi connectivity index (χ2v) is 24.5. The Kier molecular flexibility index (Phi) is 7.95. The van der Waals surface area contributed by atoms with Crippen molar-refractivity contribution < 1.29 is 4.11 Å². The van der Waals surface area contributed by atoms with Crippen LogP contribution in [0.15, 0.2) is 103 Å². The highest BCUT2D eigenvalue weighted by molar-refractivity contribution is 7.00. The first-order chi connectivity index (χ1) is 31.2. The summed E-state index contributed by atoms with van der Waals surface area (Å²) >= 11 is 0. The van der Waals surface area contributed by atoms with Crippen LogP contribution >= 0.6 is 0 Å². The van der Waals surface area contributed by atoms with Gasteiger partial charge < -0.3 is 9.80 Å². The van der Waals surface area contributed by atoms with E-state index in [4.69, 9.17) is 0 Å². The van der Waals surface area contributed by atoms with Gasteiger partial charge in [0.1, 0.15) is 0 Å². The van der Waals surface area contributed by atoms with Crippen molar-refractivity contribution in [2.75, 3.05) is 9.80 Å². The normalized spacial score (nSPS) is 21.6. The van der Waals surface area contributed by atoms with Gasteiger partial charge in [0.05, 0.1) is 0 Å². The molecule has 2 heterocycles. The molecular weight excluding hydrogens is 771 g/mol. The van der Waals surface area contributed by atoms with E-state index >= 15 is 0 Å². The first-order valence-electron chi connectivity index (χ1n) is 25.7. The molecule has 0 aromatic heterocycles. The molecule has 0 fully saturated rings. The van der Waals surface area contributed by atoms with Crippen LogP contribution in [-0.2, 0) is 32.5 Å². The monoisotopic (exact) mass is 844 g/mol. The van der Waals surface area contributed by atoms with Crippen molar-refractivity contribution in [1.82, 2.24) is 0 Å². The molecule has 2 nitrogen and oxygen atoms in total. The molecule has 3 heteroatoms. The van der Waals surface area contributed by atoms with Crippen molar-refractivity contribution in [2.24, 2.45) is 0 Å². The lowest BCUT2D eigenvalue weighted by atomic mass is 9.33. The highest BCUT2D eigenvalue weighted by Crippen LogP contribution is 2.55. The standard InChI is InChI=1S/C61H69BN2/c1-37-28-53-55-54(29-37)64(50-34-47-43(30-38(50)2)60(11,12)36-61(47,13)14)51-31-40(39-18-16-15-17-19-39)20-23-48(51)62(55)49-33-45-46(59(9,10)27-26-58(45,7)8)35-52(49)63(53)41-21-22-42-44(32-41)57(5,6)25-24-56(42,3)4/h15-23,28-35H,24-27,36H2,1-14H3/i1D3. The zero-order chi connectivity index (χ0) is 47.8. The predicted octanol–water partition coefficient (Wildman–Crippen LogP) is 14.7. The molecule has 0 atom stereocenters. The summed E-state index contributed by atoms with van der Waals surface area (Å²) in [6, 6.07) is 39.1. The van der Waals surface area contributed by atoms with Gasteiger partial charge in [-0.1, -0.05) is 144 Å². The summed E-state index contributed by atoms with van der Waals surface area (Å²) in [6.45, 7) is 28.6. The molecule has 11 rings (SSSR count). The molecule has 3 aliphatic carbocycles.